The number of fused-ring (bicyclic) bond motifs is 2. The number of hydrogen-bond acceptors (Lipinski definition) is 3. The Kier molecular flexibility index (Phi) is 4.72. The second-order valence-electron chi connectivity index (χ2n) is 7.34. The van der Waals surface area contributed by atoms with Gasteiger partial charge in [-0.3, -0.25) is 19.1 Å². The van der Waals surface area contributed by atoms with Crippen LogP contribution in [0, 0.1) is 5.92 Å². The number of aromatic nitrogens is 1. The van der Waals surface area contributed by atoms with Crippen LogP contribution in [0.1, 0.15) is 25.0 Å². The lowest BCUT2D eigenvalue weighted by Gasteiger charge is -2.40. The molecule has 0 radical (unpaired) electrons. The Balaban J connectivity index is 1.88. The van der Waals surface area contributed by atoms with E-state index in [0.717, 1.165) is 53.5 Å². The number of amides is 1. The Hall–Kier alpha value is -1.92. The molecule has 0 N–H and O–H groups in total. The normalized spacial score (nSPS) is 21.7. The smallest absolute Gasteiger partial charge is 0.230 e. The van der Waals surface area contributed by atoms with Crippen molar-refractivity contribution >= 4 is 44.7 Å². The van der Waals surface area contributed by atoms with Crippen LogP contribution in [-0.4, -0.2) is 59.4 Å². The molecular weight excluding hydrogens is 406 g/mol. The fourth-order valence-corrected chi connectivity index (χ4v) is 5.28. The van der Waals surface area contributed by atoms with Gasteiger partial charge in [0.05, 0.1) is 16.0 Å². The fraction of sp³-hybridized carbons (Fsp3) is 0.429. The molecule has 1 aliphatic heterocycles. The fourth-order valence-electron chi connectivity index (χ4n) is 4.65. The lowest BCUT2D eigenvalue weighted by atomic mass is 9.79. The van der Waals surface area contributed by atoms with Gasteiger partial charge in [-0.15, -0.1) is 0 Å². The molecule has 2 aliphatic rings. The van der Waals surface area contributed by atoms with Gasteiger partial charge in [0.15, 0.2) is 0 Å². The third-order valence-electron chi connectivity index (χ3n) is 6.03. The molecule has 4 rings (SSSR count). The third kappa shape index (κ3) is 2.69. The molecule has 1 aromatic heterocycles. The van der Waals surface area contributed by atoms with Crippen LogP contribution in [0.3, 0.4) is 0 Å². The molecule has 1 aliphatic carbocycles. The zero-order valence-corrected chi connectivity index (χ0v) is 17.5. The molecule has 142 valence electrons. The highest BCUT2D eigenvalue weighted by Gasteiger charge is 2.37. The average Bonchev–Trinajstić information content (AvgIpc) is 2.95. The first kappa shape index (κ1) is 18.4. The van der Waals surface area contributed by atoms with Crippen molar-refractivity contribution in [1.29, 1.82) is 0 Å². The maximum absolute atomic E-state index is 13.0. The van der Waals surface area contributed by atoms with Gasteiger partial charge in [-0.05, 0) is 66.0 Å². The Labute approximate surface area is 167 Å². The second-order valence-corrected chi connectivity index (χ2v) is 8.09. The molecule has 2 atom stereocenters. The summed E-state index contributed by atoms with van der Waals surface area (Å²) in [5, 5.41) is 1.13. The minimum absolute atomic E-state index is 0.130. The molecule has 1 aromatic carbocycles. The summed E-state index contributed by atoms with van der Waals surface area (Å²) in [6.45, 7) is 6.24. The zero-order chi connectivity index (χ0) is 19.3. The summed E-state index contributed by atoms with van der Waals surface area (Å²) in [5.74, 6) is 0.0666. The number of hydrogen-bond donors (Lipinski definition) is 0. The van der Waals surface area contributed by atoms with Crippen molar-refractivity contribution in [3.05, 3.63) is 40.0 Å². The van der Waals surface area contributed by atoms with E-state index in [-0.39, 0.29) is 17.9 Å². The summed E-state index contributed by atoms with van der Waals surface area (Å²) in [7, 11) is 2.09. The summed E-state index contributed by atoms with van der Waals surface area (Å²) >= 11 is 3.63. The predicted octanol–water partition coefficient (Wildman–Crippen LogP) is 3.18. The van der Waals surface area contributed by atoms with E-state index < -0.39 is 0 Å². The van der Waals surface area contributed by atoms with Gasteiger partial charge in [0.1, 0.15) is 0 Å². The van der Waals surface area contributed by atoms with Crippen LogP contribution in [0.5, 0.6) is 0 Å². The molecule has 2 unspecified atom stereocenters. The number of benzene rings is 1. The third-order valence-corrected chi connectivity index (χ3v) is 6.89. The molecule has 0 bridgehead atoms. The minimum atomic E-state index is -0.130. The molecule has 1 amide bonds. The average molecular weight is 430 g/mol. The summed E-state index contributed by atoms with van der Waals surface area (Å²) < 4.78 is 2.51. The van der Waals surface area contributed by atoms with E-state index in [1.165, 1.54) is 11.1 Å². The maximum Gasteiger partial charge on any atom is 0.230 e. The minimum Gasteiger partial charge on any atom is -0.343 e. The summed E-state index contributed by atoms with van der Waals surface area (Å²) in [6.07, 6.45) is 3.87. The van der Waals surface area contributed by atoms with Crippen molar-refractivity contribution in [3.63, 3.8) is 0 Å². The van der Waals surface area contributed by atoms with Crippen LogP contribution in [0.4, 0.5) is 0 Å². The molecule has 0 spiro atoms. The van der Waals surface area contributed by atoms with Crippen molar-refractivity contribution in [2.45, 2.75) is 26.3 Å². The Bertz CT molecular complexity index is 958. The Morgan fingerprint density at radius 1 is 1.33 bits per heavy atom. The first-order valence-corrected chi connectivity index (χ1v) is 10.3. The van der Waals surface area contributed by atoms with E-state index in [2.05, 4.69) is 40.0 Å². The van der Waals surface area contributed by atoms with Crippen molar-refractivity contribution in [2.24, 2.45) is 5.92 Å². The monoisotopic (exact) mass is 429 g/mol. The summed E-state index contributed by atoms with van der Waals surface area (Å²) in [5.41, 5.74) is 4.45. The maximum atomic E-state index is 13.0. The number of likely N-dealkylation sites (N-methyl/N-ethyl adjacent to an activating group) is 1. The quantitative estimate of drug-likeness (QED) is 0.701. The zero-order valence-electron chi connectivity index (χ0n) is 15.9. The summed E-state index contributed by atoms with van der Waals surface area (Å²) in [6, 6.07) is 6.31. The summed E-state index contributed by atoms with van der Waals surface area (Å²) in [4.78, 5) is 28.8. The number of carbonyl (C=O) groups is 2. The Morgan fingerprint density at radius 3 is 2.74 bits per heavy atom. The first-order chi connectivity index (χ1) is 13.0. The van der Waals surface area contributed by atoms with Crippen LogP contribution in [-0.2, 0) is 16.0 Å². The van der Waals surface area contributed by atoms with Gasteiger partial charge in [0.2, 0.25) is 12.3 Å². The molecule has 5 nitrogen and oxygen atoms in total. The van der Waals surface area contributed by atoms with Gasteiger partial charge in [-0.1, -0.05) is 18.2 Å². The van der Waals surface area contributed by atoms with Gasteiger partial charge >= 0.3 is 0 Å². The first-order valence-electron chi connectivity index (χ1n) is 9.49. The number of halogens is 1. The Morgan fingerprint density at radius 2 is 2.07 bits per heavy atom. The standard InChI is InChI=1S/C21H24BrN3O2/c1-4-24(5-2)21(27)13-9-15-14-7-6-8-17-19(14)16(20(22)25(17)12-26)10-18(15)23(3)11-13/h6-9,12-13,18H,4-5,10-11H2,1-3H3. The number of rotatable bonds is 4. The van der Waals surface area contributed by atoms with Gasteiger partial charge < -0.3 is 4.90 Å². The van der Waals surface area contributed by atoms with Gasteiger partial charge in [0.25, 0.3) is 0 Å². The second kappa shape index (κ2) is 6.91. The molecule has 0 saturated carbocycles. The van der Waals surface area contributed by atoms with E-state index in [4.69, 9.17) is 0 Å². The molecule has 2 heterocycles. The number of carbonyl (C=O) groups excluding carboxylic acids is 2. The molecule has 6 heteroatoms. The molecular formula is C21H24BrN3O2. The van der Waals surface area contributed by atoms with Gasteiger partial charge in [0, 0.05) is 31.1 Å². The van der Waals surface area contributed by atoms with Crippen LogP contribution in [0.25, 0.3) is 16.5 Å². The van der Waals surface area contributed by atoms with Gasteiger partial charge in [-0.25, -0.2) is 0 Å². The van der Waals surface area contributed by atoms with Crippen molar-refractivity contribution in [2.75, 3.05) is 26.7 Å². The molecule has 0 saturated heterocycles. The van der Waals surface area contributed by atoms with Crippen molar-refractivity contribution in [3.8, 4) is 0 Å². The predicted molar refractivity (Wildman–Crippen MR) is 111 cm³/mol. The largest absolute Gasteiger partial charge is 0.343 e. The highest BCUT2D eigenvalue weighted by atomic mass is 79.9. The highest BCUT2D eigenvalue weighted by molar-refractivity contribution is 9.10. The van der Waals surface area contributed by atoms with Crippen LogP contribution < -0.4 is 0 Å². The lowest BCUT2D eigenvalue weighted by Crippen LogP contribution is -2.47. The van der Waals surface area contributed by atoms with Crippen LogP contribution >= 0.6 is 15.9 Å². The van der Waals surface area contributed by atoms with E-state index in [0.29, 0.717) is 0 Å². The van der Waals surface area contributed by atoms with Crippen LogP contribution in [0.2, 0.25) is 0 Å². The van der Waals surface area contributed by atoms with Crippen LogP contribution in [0.15, 0.2) is 28.9 Å². The highest BCUT2D eigenvalue weighted by Crippen LogP contribution is 2.44. The molecule has 27 heavy (non-hydrogen) atoms. The van der Waals surface area contributed by atoms with Gasteiger partial charge in [-0.2, -0.15) is 0 Å². The van der Waals surface area contributed by atoms with Crippen molar-refractivity contribution < 1.29 is 9.59 Å². The van der Waals surface area contributed by atoms with E-state index in [1.807, 2.05) is 30.9 Å². The SMILES string of the molecule is CCN(CC)C(=O)C1C=C2c3cccc4c3c(c(Br)n4C=O)CC2N(C)C1. The molecule has 2 aromatic rings. The van der Waals surface area contributed by atoms with Crippen molar-refractivity contribution in [1.82, 2.24) is 14.4 Å². The molecule has 0 fully saturated rings. The van der Waals surface area contributed by atoms with E-state index in [1.54, 1.807) is 4.57 Å². The number of nitrogens with zero attached hydrogens (tertiary/aromatic N) is 3. The van der Waals surface area contributed by atoms with E-state index >= 15 is 0 Å². The lowest BCUT2D eigenvalue weighted by molar-refractivity contribution is -0.134. The topological polar surface area (TPSA) is 45.6 Å². The van der Waals surface area contributed by atoms with E-state index in [9.17, 15) is 9.59 Å².